The van der Waals surface area contributed by atoms with E-state index in [2.05, 4.69) is 23.5 Å². The monoisotopic (exact) mass is 393 g/mol. The smallest absolute Gasteiger partial charge is 0.270 e. The van der Waals surface area contributed by atoms with Gasteiger partial charge in [0.1, 0.15) is 17.2 Å². The van der Waals surface area contributed by atoms with E-state index in [4.69, 9.17) is 15.9 Å². The van der Waals surface area contributed by atoms with Gasteiger partial charge in [-0.3, -0.25) is 14.4 Å². The molecule has 3 amide bonds. The van der Waals surface area contributed by atoms with E-state index in [1.165, 1.54) is 11.2 Å². The van der Waals surface area contributed by atoms with Crippen LogP contribution in [0.2, 0.25) is 0 Å². The van der Waals surface area contributed by atoms with E-state index in [0.717, 1.165) is 18.0 Å². The van der Waals surface area contributed by atoms with E-state index in [1.54, 1.807) is 12.1 Å². The summed E-state index contributed by atoms with van der Waals surface area (Å²) in [6, 6.07) is 3.38. The first kappa shape index (κ1) is 20.4. The van der Waals surface area contributed by atoms with Crippen molar-refractivity contribution in [2.24, 2.45) is 11.7 Å². The Kier molecular flexibility index (Phi) is 6.94. The zero-order valence-corrected chi connectivity index (χ0v) is 16.0. The molecular weight excluding hydrogens is 370 g/mol. The molecule has 0 fully saturated rings. The van der Waals surface area contributed by atoms with Gasteiger partial charge in [0.05, 0.1) is 18.5 Å². The quantitative estimate of drug-likeness (QED) is 0.584. The Labute approximate surface area is 160 Å². The molecule has 0 aliphatic heterocycles. The van der Waals surface area contributed by atoms with Crippen LogP contribution in [0, 0.1) is 5.92 Å². The molecule has 0 spiro atoms. The standard InChI is InChI=1S/C17H23N5O4S/c1-10(2)5-6-20-12(23)9-22(8-11-4-3-7-26-11)17(25)15-13(18)14(16(19)24)21-27-15/h3-4,7,10H,5-6,8-9,18H2,1-2H3,(H2,19,24)(H,20,23). The minimum Gasteiger partial charge on any atom is -0.467 e. The number of rotatable bonds is 9. The van der Waals surface area contributed by atoms with Crippen molar-refractivity contribution in [2.45, 2.75) is 26.8 Å². The van der Waals surface area contributed by atoms with Crippen molar-refractivity contribution in [1.82, 2.24) is 14.6 Å². The summed E-state index contributed by atoms with van der Waals surface area (Å²) in [7, 11) is 0. The van der Waals surface area contributed by atoms with Gasteiger partial charge in [-0.1, -0.05) is 13.8 Å². The second-order valence-electron chi connectivity index (χ2n) is 6.41. The number of nitrogens with zero attached hydrogens (tertiary/aromatic N) is 2. The molecule has 27 heavy (non-hydrogen) atoms. The van der Waals surface area contributed by atoms with Crippen LogP contribution < -0.4 is 16.8 Å². The largest absolute Gasteiger partial charge is 0.467 e. The van der Waals surface area contributed by atoms with Crippen molar-refractivity contribution in [3.8, 4) is 0 Å². The first-order valence-corrected chi connectivity index (χ1v) is 9.20. The summed E-state index contributed by atoms with van der Waals surface area (Å²) in [5, 5.41) is 2.79. The number of primary amides is 1. The van der Waals surface area contributed by atoms with Gasteiger partial charge in [-0.05, 0) is 36.0 Å². The summed E-state index contributed by atoms with van der Waals surface area (Å²) in [6.45, 7) is 4.53. The zero-order chi connectivity index (χ0) is 20.0. The van der Waals surface area contributed by atoms with Gasteiger partial charge in [0.15, 0.2) is 5.69 Å². The predicted octanol–water partition coefficient (Wildman–Crippen LogP) is 1.22. The molecule has 2 heterocycles. The molecule has 5 N–H and O–H groups in total. The Hall–Kier alpha value is -2.88. The Morgan fingerprint density at radius 1 is 1.37 bits per heavy atom. The van der Waals surface area contributed by atoms with Crippen LogP contribution in [0.4, 0.5) is 5.69 Å². The average molecular weight is 393 g/mol. The molecule has 0 aliphatic rings. The van der Waals surface area contributed by atoms with E-state index in [0.29, 0.717) is 18.2 Å². The maximum atomic E-state index is 12.9. The molecule has 0 unspecified atom stereocenters. The highest BCUT2D eigenvalue weighted by molar-refractivity contribution is 7.09. The van der Waals surface area contributed by atoms with Crippen molar-refractivity contribution in [1.29, 1.82) is 0 Å². The lowest BCUT2D eigenvalue weighted by Gasteiger charge is -2.21. The molecular formula is C17H23N5O4S. The second-order valence-corrected chi connectivity index (χ2v) is 7.18. The molecule has 0 saturated heterocycles. The molecule has 2 aromatic heterocycles. The highest BCUT2D eigenvalue weighted by atomic mass is 32.1. The number of aromatic nitrogens is 1. The van der Waals surface area contributed by atoms with Crippen molar-refractivity contribution >= 4 is 34.9 Å². The number of carbonyl (C=O) groups is 3. The molecule has 0 aliphatic carbocycles. The summed E-state index contributed by atoms with van der Waals surface area (Å²) in [5.41, 5.74) is 10.8. The van der Waals surface area contributed by atoms with Gasteiger partial charge in [0.2, 0.25) is 5.91 Å². The first-order chi connectivity index (χ1) is 12.8. The molecule has 0 aromatic carbocycles. The lowest BCUT2D eigenvalue weighted by atomic mass is 10.1. The third-order valence-corrected chi connectivity index (χ3v) is 4.60. The third kappa shape index (κ3) is 5.55. The van der Waals surface area contributed by atoms with Gasteiger partial charge in [-0.2, -0.15) is 4.37 Å². The molecule has 0 bridgehead atoms. The second kappa shape index (κ2) is 9.17. The number of anilines is 1. The van der Waals surface area contributed by atoms with Crippen LogP contribution in [0.3, 0.4) is 0 Å². The van der Waals surface area contributed by atoms with Crippen LogP contribution in [-0.4, -0.2) is 40.1 Å². The van der Waals surface area contributed by atoms with Crippen LogP contribution in [0.1, 0.15) is 46.2 Å². The van der Waals surface area contributed by atoms with E-state index in [9.17, 15) is 14.4 Å². The lowest BCUT2D eigenvalue weighted by Crippen LogP contribution is -2.40. The van der Waals surface area contributed by atoms with E-state index < -0.39 is 11.8 Å². The highest BCUT2D eigenvalue weighted by Crippen LogP contribution is 2.24. The SMILES string of the molecule is CC(C)CCNC(=O)CN(Cc1ccco1)C(=O)c1snc(C(N)=O)c1N. The normalized spacial score (nSPS) is 10.8. The summed E-state index contributed by atoms with van der Waals surface area (Å²) in [6.07, 6.45) is 2.31. The predicted molar refractivity (Wildman–Crippen MR) is 101 cm³/mol. The number of hydrogen-bond acceptors (Lipinski definition) is 7. The first-order valence-electron chi connectivity index (χ1n) is 8.42. The van der Waals surface area contributed by atoms with Crippen LogP contribution >= 0.6 is 11.5 Å². The highest BCUT2D eigenvalue weighted by Gasteiger charge is 2.26. The molecule has 2 rings (SSSR count). The van der Waals surface area contributed by atoms with Gasteiger partial charge in [0.25, 0.3) is 11.8 Å². The Balaban J connectivity index is 2.15. The Morgan fingerprint density at radius 2 is 2.11 bits per heavy atom. The molecule has 9 nitrogen and oxygen atoms in total. The summed E-state index contributed by atoms with van der Waals surface area (Å²) < 4.78 is 9.11. The van der Waals surface area contributed by atoms with E-state index in [1.807, 2.05) is 0 Å². The maximum absolute atomic E-state index is 12.9. The number of furan rings is 1. The van der Waals surface area contributed by atoms with Gasteiger partial charge in [-0.25, -0.2) is 0 Å². The fraction of sp³-hybridized carbons (Fsp3) is 0.412. The number of carbonyl (C=O) groups excluding carboxylic acids is 3. The van der Waals surface area contributed by atoms with Crippen LogP contribution in [-0.2, 0) is 11.3 Å². The van der Waals surface area contributed by atoms with E-state index >= 15 is 0 Å². The molecule has 0 radical (unpaired) electrons. The molecule has 0 saturated carbocycles. The average Bonchev–Trinajstić information content (AvgIpc) is 3.22. The topological polar surface area (TPSA) is 145 Å². The van der Waals surface area contributed by atoms with E-state index in [-0.39, 0.29) is 35.3 Å². The fourth-order valence-corrected chi connectivity index (χ4v) is 3.07. The summed E-state index contributed by atoms with van der Waals surface area (Å²) >= 11 is 0.773. The third-order valence-electron chi connectivity index (χ3n) is 3.75. The number of amides is 3. The fourth-order valence-electron chi connectivity index (χ4n) is 2.29. The minimum absolute atomic E-state index is 0.0605. The van der Waals surface area contributed by atoms with Crippen molar-refractivity contribution in [3.05, 3.63) is 34.7 Å². The number of nitrogens with two attached hydrogens (primary N) is 2. The Bertz CT molecular complexity index is 800. The lowest BCUT2D eigenvalue weighted by molar-refractivity contribution is -0.121. The van der Waals surface area contributed by atoms with Crippen molar-refractivity contribution in [2.75, 3.05) is 18.8 Å². The van der Waals surface area contributed by atoms with Gasteiger partial charge >= 0.3 is 0 Å². The Morgan fingerprint density at radius 3 is 2.67 bits per heavy atom. The zero-order valence-electron chi connectivity index (χ0n) is 15.2. The number of nitrogens with one attached hydrogen (secondary N) is 1. The van der Waals surface area contributed by atoms with Crippen LogP contribution in [0.15, 0.2) is 22.8 Å². The van der Waals surface area contributed by atoms with Gasteiger partial charge in [-0.15, -0.1) is 0 Å². The maximum Gasteiger partial charge on any atom is 0.270 e. The molecule has 0 atom stereocenters. The van der Waals surface area contributed by atoms with Gasteiger partial charge in [0, 0.05) is 6.54 Å². The van der Waals surface area contributed by atoms with Crippen LogP contribution in [0.25, 0.3) is 0 Å². The summed E-state index contributed by atoms with van der Waals surface area (Å²) in [4.78, 5) is 37.8. The van der Waals surface area contributed by atoms with Crippen molar-refractivity contribution in [3.63, 3.8) is 0 Å². The molecule has 10 heteroatoms. The number of hydrogen-bond donors (Lipinski definition) is 3. The molecule has 146 valence electrons. The summed E-state index contributed by atoms with van der Waals surface area (Å²) in [5.74, 6) is -0.666. The van der Waals surface area contributed by atoms with Crippen molar-refractivity contribution < 1.29 is 18.8 Å². The minimum atomic E-state index is -0.813. The van der Waals surface area contributed by atoms with Crippen LogP contribution in [0.5, 0.6) is 0 Å². The van der Waals surface area contributed by atoms with Gasteiger partial charge < -0.3 is 26.1 Å². The number of nitrogen functional groups attached to an aromatic ring is 1. The molecule has 2 aromatic rings.